The second-order valence-corrected chi connectivity index (χ2v) is 5.17. The fourth-order valence-electron chi connectivity index (χ4n) is 2.04. The summed E-state index contributed by atoms with van der Waals surface area (Å²) in [5.74, 6) is 0.972. The first-order valence-corrected chi connectivity index (χ1v) is 6.47. The number of furan rings is 1. The molecule has 0 bridgehead atoms. The molecule has 3 nitrogen and oxygen atoms in total. The van der Waals surface area contributed by atoms with E-state index >= 15 is 0 Å². The first-order valence-electron chi connectivity index (χ1n) is 5.39. The Hall–Kier alpha value is -0.0700. The molecular formula is C11H16INO2. The average molecular weight is 321 g/mol. The quantitative estimate of drug-likeness (QED) is 0.840. The van der Waals surface area contributed by atoms with Crippen molar-refractivity contribution in [3.63, 3.8) is 0 Å². The predicted octanol–water partition coefficient (Wildman–Crippen LogP) is 2.28. The molecular weight excluding hydrogens is 305 g/mol. The van der Waals surface area contributed by atoms with E-state index < -0.39 is 0 Å². The molecule has 1 aromatic rings. The Bertz CT molecular complexity index is 313. The molecule has 1 heterocycles. The molecule has 1 fully saturated rings. The van der Waals surface area contributed by atoms with Crippen molar-refractivity contribution in [3.05, 3.63) is 21.7 Å². The zero-order chi connectivity index (χ0) is 10.7. The highest BCUT2D eigenvalue weighted by molar-refractivity contribution is 14.1. The van der Waals surface area contributed by atoms with Crippen molar-refractivity contribution < 1.29 is 9.52 Å². The fourth-order valence-corrected chi connectivity index (χ4v) is 2.50. The summed E-state index contributed by atoms with van der Waals surface area (Å²) in [6, 6.07) is 4.40. The summed E-state index contributed by atoms with van der Waals surface area (Å²) in [5, 5.41) is 12.9. The topological polar surface area (TPSA) is 45.4 Å². The molecule has 1 saturated carbocycles. The molecule has 2 atom stereocenters. The average Bonchev–Trinajstić information content (AvgIpc) is 2.62. The van der Waals surface area contributed by atoms with Crippen LogP contribution in [0.2, 0.25) is 0 Å². The molecule has 1 aliphatic rings. The third-order valence-electron chi connectivity index (χ3n) is 2.84. The summed E-state index contributed by atoms with van der Waals surface area (Å²) in [4.78, 5) is 0. The molecule has 0 amide bonds. The van der Waals surface area contributed by atoms with Gasteiger partial charge in [-0.15, -0.1) is 0 Å². The summed E-state index contributed by atoms with van der Waals surface area (Å²) in [6.45, 7) is 0.764. The van der Waals surface area contributed by atoms with Crippen molar-refractivity contribution in [1.29, 1.82) is 0 Å². The van der Waals surface area contributed by atoms with E-state index in [0.29, 0.717) is 6.04 Å². The van der Waals surface area contributed by atoms with Crippen molar-refractivity contribution >= 4 is 22.6 Å². The van der Waals surface area contributed by atoms with Gasteiger partial charge in [0.2, 0.25) is 0 Å². The summed E-state index contributed by atoms with van der Waals surface area (Å²) < 4.78 is 6.39. The second-order valence-electron chi connectivity index (χ2n) is 4.10. The standard InChI is InChI=1S/C11H16INO2/c12-11-5-4-10(15-11)7-13-8-2-1-3-9(14)6-8/h4-5,8-9,13-14H,1-3,6-7H2. The monoisotopic (exact) mass is 321 g/mol. The van der Waals surface area contributed by atoms with Crippen molar-refractivity contribution in [1.82, 2.24) is 5.32 Å². The Labute approximate surface area is 103 Å². The number of halogens is 1. The summed E-state index contributed by atoms with van der Waals surface area (Å²) >= 11 is 2.16. The minimum absolute atomic E-state index is 0.118. The molecule has 84 valence electrons. The highest BCUT2D eigenvalue weighted by Gasteiger charge is 2.19. The lowest BCUT2D eigenvalue weighted by Crippen LogP contribution is -2.35. The van der Waals surface area contributed by atoms with Crippen LogP contribution >= 0.6 is 22.6 Å². The second kappa shape index (κ2) is 5.32. The molecule has 4 heteroatoms. The number of rotatable bonds is 3. The van der Waals surface area contributed by atoms with Crippen LogP contribution < -0.4 is 5.32 Å². The van der Waals surface area contributed by atoms with Crippen molar-refractivity contribution in [2.75, 3.05) is 0 Å². The van der Waals surface area contributed by atoms with Crippen LogP contribution in [0.5, 0.6) is 0 Å². The zero-order valence-corrected chi connectivity index (χ0v) is 10.7. The van der Waals surface area contributed by atoms with Crippen molar-refractivity contribution in [2.45, 2.75) is 44.4 Å². The van der Waals surface area contributed by atoms with E-state index in [4.69, 9.17) is 4.42 Å². The third-order valence-corrected chi connectivity index (χ3v) is 3.42. The molecule has 2 unspecified atom stereocenters. The summed E-state index contributed by atoms with van der Waals surface area (Å²) in [7, 11) is 0. The van der Waals surface area contributed by atoms with Crippen LogP contribution in [-0.4, -0.2) is 17.3 Å². The van der Waals surface area contributed by atoms with Crippen LogP contribution in [0.1, 0.15) is 31.4 Å². The third kappa shape index (κ3) is 3.46. The fraction of sp³-hybridized carbons (Fsp3) is 0.636. The van der Waals surface area contributed by atoms with Crippen LogP contribution in [0, 0.1) is 3.77 Å². The van der Waals surface area contributed by atoms with E-state index in [1.165, 1.54) is 0 Å². The van der Waals surface area contributed by atoms with Crippen molar-refractivity contribution in [2.24, 2.45) is 0 Å². The lowest BCUT2D eigenvalue weighted by atomic mass is 9.93. The van der Waals surface area contributed by atoms with Gasteiger partial charge in [0, 0.05) is 6.04 Å². The van der Waals surface area contributed by atoms with Gasteiger partial charge in [0.25, 0.3) is 0 Å². The minimum Gasteiger partial charge on any atom is -0.454 e. The Morgan fingerprint density at radius 2 is 2.33 bits per heavy atom. The largest absolute Gasteiger partial charge is 0.454 e. The van der Waals surface area contributed by atoms with Gasteiger partial charge in [-0.1, -0.05) is 0 Å². The van der Waals surface area contributed by atoms with E-state index in [0.717, 1.165) is 41.8 Å². The Balaban J connectivity index is 1.77. The summed E-state index contributed by atoms with van der Waals surface area (Å²) in [6.07, 6.45) is 3.99. The number of hydrogen-bond donors (Lipinski definition) is 2. The maximum absolute atomic E-state index is 9.52. The van der Waals surface area contributed by atoms with Crippen LogP contribution in [0.25, 0.3) is 0 Å². The van der Waals surface area contributed by atoms with E-state index in [1.807, 2.05) is 12.1 Å². The number of aliphatic hydroxyl groups excluding tert-OH is 1. The maximum Gasteiger partial charge on any atom is 0.164 e. The molecule has 0 aliphatic heterocycles. The minimum atomic E-state index is -0.118. The van der Waals surface area contributed by atoms with Gasteiger partial charge in [-0.2, -0.15) is 0 Å². The number of hydrogen-bond acceptors (Lipinski definition) is 3. The SMILES string of the molecule is OC1CCCC(NCc2ccc(I)o2)C1. The summed E-state index contributed by atoms with van der Waals surface area (Å²) in [5.41, 5.74) is 0. The van der Waals surface area contributed by atoms with E-state index in [2.05, 4.69) is 27.9 Å². The molecule has 15 heavy (non-hydrogen) atoms. The van der Waals surface area contributed by atoms with Gasteiger partial charge in [0.1, 0.15) is 5.76 Å². The Kier molecular flexibility index (Phi) is 4.05. The predicted molar refractivity (Wildman–Crippen MR) is 66.5 cm³/mol. The van der Waals surface area contributed by atoms with Crippen molar-refractivity contribution in [3.8, 4) is 0 Å². The first kappa shape index (κ1) is 11.4. The lowest BCUT2D eigenvalue weighted by molar-refractivity contribution is 0.111. The van der Waals surface area contributed by atoms with Gasteiger partial charge in [-0.05, 0) is 60.4 Å². The van der Waals surface area contributed by atoms with Crippen LogP contribution in [-0.2, 0) is 6.54 Å². The molecule has 0 aromatic carbocycles. The number of aliphatic hydroxyl groups is 1. The normalized spacial score (nSPS) is 26.8. The highest BCUT2D eigenvalue weighted by Crippen LogP contribution is 2.19. The van der Waals surface area contributed by atoms with Gasteiger partial charge < -0.3 is 14.8 Å². The lowest BCUT2D eigenvalue weighted by Gasteiger charge is -2.26. The van der Waals surface area contributed by atoms with Gasteiger partial charge in [0.05, 0.1) is 12.6 Å². The molecule has 0 saturated heterocycles. The smallest absolute Gasteiger partial charge is 0.164 e. The first-order chi connectivity index (χ1) is 7.24. The van der Waals surface area contributed by atoms with Gasteiger partial charge >= 0.3 is 0 Å². The van der Waals surface area contributed by atoms with Crippen LogP contribution in [0.15, 0.2) is 16.5 Å². The molecule has 0 spiro atoms. The van der Waals surface area contributed by atoms with E-state index in [9.17, 15) is 5.11 Å². The Morgan fingerprint density at radius 1 is 1.47 bits per heavy atom. The van der Waals surface area contributed by atoms with E-state index in [-0.39, 0.29) is 6.10 Å². The molecule has 2 N–H and O–H groups in total. The highest BCUT2D eigenvalue weighted by atomic mass is 127. The Morgan fingerprint density at radius 3 is 3.00 bits per heavy atom. The molecule has 2 rings (SSSR count). The molecule has 1 aromatic heterocycles. The molecule has 0 radical (unpaired) electrons. The molecule has 1 aliphatic carbocycles. The van der Waals surface area contributed by atoms with Gasteiger partial charge in [-0.3, -0.25) is 0 Å². The van der Waals surface area contributed by atoms with Gasteiger partial charge in [-0.25, -0.2) is 0 Å². The van der Waals surface area contributed by atoms with E-state index in [1.54, 1.807) is 0 Å². The van der Waals surface area contributed by atoms with Crippen LogP contribution in [0.4, 0.5) is 0 Å². The zero-order valence-electron chi connectivity index (χ0n) is 8.58. The van der Waals surface area contributed by atoms with Gasteiger partial charge in [0.15, 0.2) is 3.77 Å². The number of nitrogens with one attached hydrogen (secondary N) is 1. The maximum atomic E-state index is 9.52. The van der Waals surface area contributed by atoms with Crippen LogP contribution in [0.3, 0.4) is 0 Å².